The zero-order chi connectivity index (χ0) is 19.4. The summed E-state index contributed by atoms with van der Waals surface area (Å²) < 4.78 is 45.4. The van der Waals surface area contributed by atoms with E-state index in [-0.39, 0.29) is 18.1 Å². The number of nitrogens with one attached hydrogen (secondary N) is 1. The van der Waals surface area contributed by atoms with E-state index < -0.39 is 17.5 Å². The Morgan fingerprint density at radius 1 is 1.30 bits per heavy atom. The van der Waals surface area contributed by atoms with Gasteiger partial charge in [-0.05, 0) is 24.3 Å². The van der Waals surface area contributed by atoms with E-state index in [1.807, 2.05) is 4.90 Å². The quantitative estimate of drug-likeness (QED) is 0.831. The number of hydrogen-bond donors (Lipinski definition) is 1. The van der Waals surface area contributed by atoms with Gasteiger partial charge in [0.2, 0.25) is 5.91 Å². The number of morpholine rings is 1. The summed E-state index contributed by atoms with van der Waals surface area (Å²) >= 11 is 1.24. The molecule has 0 spiro atoms. The lowest BCUT2D eigenvalue weighted by Gasteiger charge is -2.27. The highest BCUT2D eigenvalue weighted by Crippen LogP contribution is 2.28. The molecule has 1 atom stereocenters. The van der Waals surface area contributed by atoms with Gasteiger partial charge in [-0.25, -0.2) is 0 Å². The van der Waals surface area contributed by atoms with E-state index in [4.69, 9.17) is 4.74 Å². The first-order valence-corrected chi connectivity index (χ1v) is 8.96. The highest BCUT2D eigenvalue weighted by Gasteiger charge is 2.33. The van der Waals surface area contributed by atoms with Gasteiger partial charge in [-0.3, -0.25) is 9.59 Å². The Bertz CT molecular complexity index is 733. The van der Waals surface area contributed by atoms with Crippen molar-refractivity contribution in [2.24, 2.45) is 4.99 Å². The molecule has 146 valence electrons. The monoisotopic (exact) mass is 403 g/mol. The minimum atomic E-state index is -4.77. The van der Waals surface area contributed by atoms with Crippen molar-refractivity contribution in [1.29, 1.82) is 0 Å². The molecule has 2 aliphatic rings. The van der Waals surface area contributed by atoms with Crippen molar-refractivity contribution in [3.05, 3.63) is 24.3 Å². The summed E-state index contributed by atoms with van der Waals surface area (Å²) in [5.41, 5.74) is 0.305. The fraction of sp³-hybridized carbons (Fsp3) is 0.438. The molecule has 0 bridgehead atoms. The van der Waals surface area contributed by atoms with Gasteiger partial charge < -0.3 is 19.7 Å². The van der Waals surface area contributed by atoms with Crippen molar-refractivity contribution in [1.82, 2.24) is 4.90 Å². The summed E-state index contributed by atoms with van der Waals surface area (Å²) in [6.45, 7) is 2.41. The first kappa shape index (κ1) is 19.5. The summed E-state index contributed by atoms with van der Waals surface area (Å²) in [5.74, 6) is -1.18. The van der Waals surface area contributed by atoms with Crippen LogP contribution in [0.1, 0.15) is 6.42 Å². The number of alkyl halides is 3. The molecule has 1 aromatic carbocycles. The molecule has 0 saturated carbocycles. The fourth-order valence-electron chi connectivity index (χ4n) is 2.52. The maximum Gasteiger partial charge on any atom is 0.573 e. The third-order valence-electron chi connectivity index (χ3n) is 3.75. The van der Waals surface area contributed by atoms with Crippen LogP contribution in [0.3, 0.4) is 0 Å². The van der Waals surface area contributed by atoms with Gasteiger partial charge in [-0.1, -0.05) is 11.8 Å². The minimum absolute atomic E-state index is 0.0817. The molecular weight excluding hydrogens is 387 g/mol. The van der Waals surface area contributed by atoms with Crippen LogP contribution in [0, 0.1) is 0 Å². The Labute approximate surface area is 156 Å². The summed E-state index contributed by atoms with van der Waals surface area (Å²) in [4.78, 5) is 30.1. The lowest BCUT2D eigenvalue weighted by Crippen LogP contribution is -2.39. The number of ether oxygens (including phenoxy) is 2. The van der Waals surface area contributed by atoms with Gasteiger partial charge in [0.05, 0.1) is 13.2 Å². The fourth-order valence-corrected chi connectivity index (χ4v) is 3.64. The average molecular weight is 403 g/mol. The van der Waals surface area contributed by atoms with Crippen LogP contribution in [0.5, 0.6) is 5.75 Å². The van der Waals surface area contributed by atoms with Crippen LogP contribution in [0.4, 0.5) is 18.9 Å². The Morgan fingerprint density at radius 2 is 1.96 bits per heavy atom. The molecule has 1 fully saturated rings. The molecule has 2 aliphatic heterocycles. The van der Waals surface area contributed by atoms with E-state index in [0.717, 1.165) is 12.1 Å². The van der Waals surface area contributed by atoms with Crippen molar-refractivity contribution in [2.75, 3.05) is 31.6 Å². The second kappa shape index (κ2) is 8.17. The van der Waals surface area contributed by atoms with E-state index in [2.05, 4.69) is 15.0 Å². The smallest absolute Gasteiger partial charge is 0.406 e. The van der Waals surface area contributed by atoms with Crippen molar-refractivity contribution < 1.29 is 32.2 Å². The number of amides is 2. The molecule has 1 N–H and O–H groups in total. The van der Waals surface area contributed by atoms with Gasteiger partial charge in [0.25, 0.3) is 5.91 Å². The molecule has 2 heterocycles. The largest absolute Gasteiger partial charge is 0.573 e. The van der Waals surface area contributed by atoms with Gasteiger partial charge in [-0.15, -0.1) is 13.2 Å². The third-order valence-corrected chi connectivity index (χ3v) is 4.97. The topological polar surface area (TPSA) is 80.2 Å². The molecule has 1 aromatic rings. The molecule has 27 heavy (non-hydrogen) atoms. The average Bonchev–Trinajstić information content (AvgIpc) is 2.97. The predicted molar refractivity (Wildman–Crippen MR) is 92.6 cm³/mol. The van der Waals surface area contributed by atoms with Crippen LogP contribution >= 0.6 is 11.8 Å². The molecule has 11 heteroatoms. The molecule has 7 nitrogen and oxygen atoms in total. The summed E-state index contributed by atoms with van der Waals surface area (Å²) in [6, 6.07) is 4.77. The maximum absolute atomic E-state index is 12.1. The van der Waals surface area contributed by atoms with Gasteiger partial charge in [0, 0.05) is 25.2 Å². The number of thioether (sulfide) groups is 1. The zero-order valence-electron chi connectivity index (χ0n) is 14.0. The second-order valence-electron chi connectivity index (χ2n) is 5.76. The number of halogens is 3. The molecule has 1 saturated heterocycles. The molecule has 0 unspecified atom stereocenters. The number of hydrogen-bond acceptors (Lipinski definition) is 6. The Balaban J connectivity index is 1.50. The number of carbonyl (C=O) groups excluding carboxylic acids is 2. The van der Waals surface area contributed by atoms with Gasteiger partial charge >= 0.3 is 6.36 Å². The predicted octanol–water partition coefficient (Wildman–Crippen LogP) is 2.24. The van der Waals surface area contributed by atoms with E-state index >= 15 is 0 Å². The van der Waals surface area contributed by atoms with Crippen LogP contribution in [0.2, 0.25) is 0 Å². The lowest BCUT2D eigenvalue weighted by molar-refractivity contribution is -0.274. The SMILES string of the molecule is O=C(C[C@H]1SC(N2CCOCC2)=NC1=O)Nc1ccc(OC(F)(F)F)cc1. The van der Waals surface area contributed by atoms with Crippen LogP contribution < -0.4 is 10.1 Å². The molecular formula is C16H16F3N3O4S. The first-order chi connectivity index (χ1) is 12.8. The Morgan fingerprint density at radius 3 is 2.59 bits per heavy atom. The summed E-state index contributed by atoms with van der Waals surface area (Å²) in [5, 5.41) is 2.53. The first-order valence-electron chi connectivity index (χ1n) is 8.08. The number of nitrogens with zero attached hydrogens (tertiary/aromatic N) is 2. The number of benzene rings is 1. The Kier molecular flexibility index (Phi) is 5.90. The molecule has 0 aromatic heterocycles. The number of amidine groups is 1. The van der Waals surface area contributed by atoms with E-state index in [9.17, 15) is 22.8 Å². The van der Waals surface area contributed by atoms with Crippen LogP contribution in [0.15, 0.2) is 29.3 Å². The lowest BCUT2D eigenvalue weighted by atomic mass is 10.2. The van der Waals surface area contributed by atoms with Crippen LogP contribution in [-0.2, 0) is 14.3 Å². The van der Waals surface area contributed by atoms with Gasteiger partial charge in [-0.2, -0.15) is 4.99 Å². The van der Waals surface area contributed by atoms with Crippen molar-refractivity contribution in [3.63, 3.8) is 0 Å². The van der Waals surface area contributed by atoms with Crippen LogP contribution in [-0.4, -0.2) is 59.8 Å². The Hall–Kier alpha value is -2.27. The summed E-state index contributed by atoms with van der Waals surface area (Å²) in [6.07, 6.45) is -4.86. The third kappa shape index (κ3) is 5.60. The maximum atomic E-state index is 12.1. The van der Waals surface area contributed by atoms with Crippen molar-refractivity contribution >= 4 is 34.4 Å². The zero-order valence-corrected chi connectivity index (χ0v) is 14.8. The van der Waals surface area contributed by atoms with Gasteiger partial charge in [0.15, 0.2) is 5.17 Å². The highest BCUT2D eigenvalue weighted by atomic mass is 32.2. The van der Waals surface area contributed by atoms with E-state index in [1.54, 1.807) is 0 Å². The standard InChI is InChI=1S/C16H16F3N3O4S/c17-16(18,19)26-11-3-1-10(2-4-11)20-13(23)9-12-14(24)21-15(27-12)22-5-7-25-8-6-22/h1-4,12H,5-9H2,(H,20,23)/t12-/m1/s1. The second-order valence-corrected chi connectivity index (χ2v) is 6.93. The highest BCUT2D eigenvalue weighted by molar-refractivity contribution is 8.15. The minimum Gasteiger partial charge on any atom is -0.406 e. The van der Waals surface area contributed by atoms with E-state index in [1.165, 1.54) is 23.9 Å². The van der Waals surface area contributed by atoms with E-state index in [0.29, 0.717) is 37.2 Å². The number of rotatable bonds is 4. The number of anilines is 1. The number of aliphatic imine (C=N–C) groups is 1. The van der Waals surface area contributed by atoms with Crippen molar-refractivity contribution in [3.8, 4) is 5.75 Å². The van der Waals surface area contributed by atoms with Crippen molar-refractivity contribution in [2.45, 2.75) is 18.0 Å². The summed E-state index contributed by atoms with van der Waals surface area (Å²) in [7, 11) is 0. The molecule has 3 rings (SSSR count). The number of carbonyl (C=O) groups is 2. The van der Waals surface area contributed by atoms with Crippen LogP contribution in [0.25, 0.3) is 0 Å². The molecule has 0 aliphatic carbocycles. The van der Waals surface area contributed by atoms with Gasteiger partial charge in [0.1, 0.15) is 11.0 Å². The molecule has 2 amide bonds. The normalized spacial score (nSPS) is 20.4. The molecule has 0 radical (unpaired) electrons.